The predicted molar refractivity (Wildman–Crippen MR) is 112 cm³/mol. The van der Waals surface area contributed by atoms with Crippen molar-refractivity contribution in [3.63, 3.8) is 0 Å². The van der Waals surface area contributed by atoms with E-state index in [-0.39, 0.29) is 11.5 Å². The Morgan fingerprint density at radius 2 is 1.93 bits per heavy atom. The van der Waals surface area contributed by atoms with Gasteiger partial charge in [-0.05, 0) is 42.5 Å². The van der Waals surface area contributed by atoms with Crippen molar-refractivity contribution in [3.8, 4) is 11.8 Å². The van der Waals surface area contributed by atoms with Gasteiger partial charge < -0.3 is 5.32 Å². The number of aromatic nitrogens is 3. The first-order valence-electron chi connectivity index (χ1n) is 8.91. The van der Waals surface area contributed by atoms with Gasteiger partial charge in [0.25, 0.3) is 5.56 Å². The number of carbonyl (C=O) groups excluding carboxylic acids is 1. The standard InChI is InChI=1S/C21H15N7O2/c22-12-14-5-3-6-15(11-14)24-21(30)27-26-20-25-18-9-2-1-8-17(18)19(29)28(20)16-7-4-10-23-13-16/h1-11,13H,(H,25,26)(H2,24,27,30). The summed E-state index contributed by atoms with van der Waals surface area (Å²) < 4.78 is 1.33. The van der Waals surface area contributed by atoms with Gasteiger partial charge in [0.2, 0.25) is 5.95 Å². The van der Waals surface area contributed by atoms with Gasteiger partial charge in [0, 0.05) is 11.9 Å². The zero-order chi connectivity index (χ0) is 20.9. The summed E-state index contributed by atoms with van der Waals surface area (Å²) in [5, 5.41) is 12.0. The van der Waals surface area contributed by atoms with Crippen molar-refractivity contribution < 1.29 is 4.79 Å². The molecule has 2 aromatic heterocycles. The van der Waals surface area contributed by atoms with Crippen LogP contribution in [0.3, 0.4) is 0 Å². The Morgan fingerprint density at radius 1 is 1.07 bits per heavy atom. The van der Waals surface area contributed by atoms with E-state index in [9.17, 15) is 9.59 Å². The normalized spacial score (nSPS) is 10.2. The molecule has 9 heteroatoms. The number of carbonyl (C=O) groups is 1. The molecule has 3 N–H and O–H groups in total. The molecule has 0 fully saturated rings. The van der Waals surface area contributed by atoms with Crippen molar-refractivity contribution in [3.05, 3.63) is 89.0 Å². The maximum Gasteiger partial charge on any atom is 0.337 e. The lowest BCUT2D eigenvalue weighted by Crippen LogP contribution is -2.36. The van der Waals surface area contributed by atoms with E-state index < -0.39 is 6.03 Å². The molecule has 0 radical (unpaired) electrons. The molecule has 0 aliphatic rings. The van der Waals surface area contributed by atoms with Crippen LogP contribution in [0.15, 0.2) is 77.9 Å². The first kappa shape index (κ1) is 18.6. The molecule has 4 aromatic rings. The molecular formula is C21H15N7O2. The number of nitrogens with one attached hydrogen (secondary N) is 3. The van der Waals surface area contributed by atoms with Crippen molar-refractivity contribution >= 4 is 28.6 Å². The van der Waals surface area contributed by atoms with E-state index in [1.807, 2.05) is 6.07 Å². The number of nitrogens with zero attached hydrogens (tertiary/aromatic N) is 4. The summed E-state index contributed by atoms with van der Waals surface area (Å²) in [6.07, 6.45) is 3.12. The van der Waals surface area contributed by atoms with Gasteiger partial charge in [-0.25, -0.2) is 19.8 Å². The summed E-state index contributed by atoms with van der Waals surface area (Å²) in [4.78, 5) is 33.8. The first-order chi connectivity index (χ1) is 14.7. The van der Waals surface area contributed by atoms with Gasteiger partial charge in [0.05, 0.1) is 34.4 Å². The summed E-state index contributed by atoms with van der Waals surface area (Å²) in [6, 6.07) is 18.2. The monoisotopic (exact) mass is 397 g/mol. The van der Waals surface area contributed by atoms with E-state index in [1.165, 1.54) is 10.8 Å². The van der Waals surface area contributed by atoms with Crippen LogP contribution < -0.4 is 21.7 Å². The Bertz CT molecular complexity index is 1330. The smallest absolute Gasteiger partial charge is 0.307 e. The van der Waals surface area contributed by atoms with Crippen molar-refractivity contribution in [2.45, 2.75) is 0 Å². The molecule has 0 atom stereocenters. The molecule has 0 spiro atoms. The number of pyridine rings is 1. The van der Waals surface area contributed by atoms with Crippen molar-refractivity contribution in [1.29, 1.82) is 5.26 Å². The second kappa shape index (κ2) is 8.12. The highest BCUT2D eigenvalue weighted by atomic mass is 16.2. The molecule has 0 unspecified atom stereocenters. The second-order valence-electron chi connectivity index (χ2n) is 6.20. The minimum Gasteiger partial charge on any atom is -0.307 e. The van der Waals surface area contributed by atoms with Crippen molar-refractivity contribution in [2.75, 3.05) is 10.7 Å². The van der Waals surface area contributed by atoms with E-state index in [4.69, 9.17) is 5.26 Å². The number of nitriles is 1. The third kappa shape index (κ3) is 3.79. The Kier molecular flexibility index (Phi) is 5.04. The third-order valence-corrected chi connectivity index (χ3v) is 4.22. The Labute approximate surface area is 170 Å². The maximum atomic E-state index is 13.1. The van der Waals surface area contributed by atoms with Crippen molar-refractivity contribution in [1.82, 2.24) is 20.0 Å². The van der Waals surface area contributed by atoms with E-state index in [0.717, 1.165) is 0 Å². The van der Waals surface area contributed by atoms with Crippen molar-refractivity contribution in [2.24, 2.45) is 0 Å². The van der Waals surface area contributed by atoms with Crippen LogP contribution in [-0.4, -0.2) is 20.6 Å². The van der Waals surface area contributed by atoms with Gasteiger partial charge in [-0.1, -0.05) is 18.2 Å². The number of anilines is 2. The van der Waals surface area contributed by atoms with Gasteiger partial charge >= 0.3 is 6.03 Å². The number of fused-ring (bicyclic) bond motifs is 1. The molecule has 2 aromatic carbocycles. The zero-order valence-electron chi connectivity index (χ0n) is 15.5. The maximum absolute atomic E-state index is 13.1. The summed E-state index contributed by atoms with van der Waals surface area (Å²) in [5.74, 6) is 0.118. The Balaban J connectivity index is 1.64. The Morgan fingerprint density at radius 3 is 2.73 bits per heavy atom. The average Bonchev–Trinajstić information content (AvgIpc) is 2.78. The number of amides is 2. The molecule has 0 bridgehead atoms. The van der Waals surface area contributed by atoms with E-state index in [2.05, 4.69) is 26.1 Å². The van der Waals surface area contributed by atoms with Crippen LogP contribution in [0.5, 0.6) is 0 Å². The molecule has 0 saturated heterocycles. The van der Waals surface area contributed by atoms with Crippen LogP contribution >= 0.6 is 0 Å². The highest BCUT2D eigenvalue weighted by Crippen LogP contribution is 2.15. The third-order valence-electron chi connectivity index (χ3n) is 4.22. The molecule has 30 heavy (non-hydrogen) atoms. The number of para-hydroxylation sites is 1. The van der Waals surface area contributed by atoms with Crippen LogP contribution in [-0.2, 0) is 0 Å². The van der Waals surface area contributed by atoms with Gasteiger partial charge in [-0.15, -0.1) is 0 Å². The fourth-order valence-corrected chi connectivity index (χ4v) is 2.88. The van der Waals surface area contributed by atoms with Crippen LogP contribution in [0.4, 0.5) is 16.4 Å². The topological polar surface area (TPSA) is 125 Å². The number of hydrazine groups is 1. The lowest BCUT2D eigenvalue weighted by atomic mass is 10.2. The molecule has 0 aliphatic carbocycles. The molecule has 0 aliphatic heterocycles. The minimum atomic E-state index is -0.592. The summed E-state index contributed by atoms with van der Waals surface area (Å²) >= 11 is 0. The number of hydrogen-bond acceptors (Lipinski definition) is 6. The fraction of sp³-hybridized carbons (Fsp3) is 0. The van der Waals surface area contributed by atoms with Gasteiger partial charge in [-0.2, -0.15) is 5.26 Å². The van der Waals surface area contributed by atoms with Crippen LogP contribution in [0.2, 0.25) is 0 Å². The number of urea groups is 1. The fourth-order valence-electron chi connectivity index (χ4n) is 2.88. The lowest BCUT2D eigenvalue weighted by Gasteiger charge is -2.15. The molecular weight excluding hydrogens is 382 g/mol. The number of hydrogen-bond donors (Lipinski definition) is 3. The van der Waals surface area contributed by atoms with Gasteiger partial charge in [0.1, 0.15) is 0 Å². The Hall–Kier alpha value is -4.71. The molecule has 2 amide bonds. The van der Waals surface area contributed by atoms with E-state index in [0.29, 0.717) is 27.8 Å². The highest BCUT2D eigenvalue weighted by molar-refractivity contribution is 5.90. The first-order valence-corrected chi connectivity index (χ1v) is 8.91. The highest BCUT2D eigenvalue weighted by Gasteiger charge is 2.13. The summed E-state index contributed by atoms with van der Waals surface area (Å²) in [5.41, 5.74) is 6.69. The molecule has 0 saturated carbocycles. The average molecular weight is 397 g/mol. The quantitative estimate of drug-likeness (QED) is 0.455. The minimum absolute atomic E-state index is 0.118. The molecule has 4 rings (SSSR count). The molecule has 2 heterocycles. The predicted octanol–water partition coefficient (Wildman–Crippen LogP) is 2.80. The largest absolute Gasteiger partial charge is 0.337 e. The second-order valence-corrected chi connectivity index (χ2v) is 6.20. The number of benzene rings is 2. The molecule has 9 nitrogen and oxygen atoms in total. The van der Waals surface area contributed by atoms with E-state index >= 15 is 0 Å². The molecule has 146 valence electrons. The van der Waals surface area contributed by atoms with Crippen LogP contribution in [0.1, 0.15) is 5.56 Å². The summed E-state index contributed by atoms with van der Waals surface area (Å²) in [6.45, 7) is 0. The van der Waals surface area contributed by atoms with Gasteiger partial charge in [-0.3, -0.25) is 15.2 Å². The lowest BCUT2D eigenvalue weighted by molar-refractivity contribution is 0.253. The van der Waals surface area contributed by atoms with Crippen LogP contribution in [0, 0.1) is 11.3 Å². The SMILES string of the molecule is N#Cc1cccc(NC(=O)NNc2nc3ccccc3c(=O)n2-c2cccnc2)c1. The van der Waals surface area contributed by atoms with E-state index in [1.54, 1.807) is 66.9 Å². The summed E-state index contributed by atoms with van der Waals surface area (Å²) in [7, 11) is 0. The zero-order valence-corrected chi connectivity index (χ0v) is 15.5. The van der Waals surface area contributed by atoms with Gasteiger partial charge in [0.15, 0.2) is 0 Å². The number of rotatable bonds is 4. The van der Waals surface area contributed by atoms with Crippen LogP contribution in [0.25, 0.3) is 16.6 Å².